The maximum Gasteiger partial charge on any atom is 0.0841 e. The van der Waals surface area contributed by atoms with Crippen LogP contribution in [-0.4, -0.2) is 12.2 Å². The Labute approximate surface area is 140 Å². The minimum atomic E-state index is 0.630. The Morgan fingerprint density at radius 2 is 1.09 bits per heavy atom. The predicted octanol–water partition coefficient (Wildman–Crippen LogP) is 7.28. The van der Waals surface area contributed by atoms with Crippen molar-refractivity contribution in [3.8, 4) is 0 Å². The summed E-state index contributed by atoms with van der Waals surface area (Å²) in [6.45, 7) is 6.93. The maximum atomic E-state index is 5.81. The smallest absolute Gasteiger partial charge is 0.0841 e. The highest BCUT2D eigenvalue weighted by atomic mass is 16.6. The van der Waals surface area contributed by atoms with Crippen LogP contribution in [0.3, 0.4) is 0 Å². The number of hydrogen-bond donors (Lipinski definition) is 0. The molecule has 1 saturated heterocycles. The van der Waals surface area contributed by atoms with Gasteiger partial charge in [-0.1, -0.05) is 104 Å². The lowest BCUT2D eigenvalue weighted by Gasteiger charge is -2.03. The average Bonchev–Trinajstić information content (AvgIpc) is 3.24. The van der Waals surface area contributed by atoms with E-state index in [2.05, 4.69) is 20.8 Å². The number of epoxide rings is 1. The van der Waals surface area contributed by atoms with Gasteiger partial charge in [0.15, 0.2) is 0 Å². The summed E-state index contributed by atoms with van der Waals surface area (Å²) in [6.07, 6.45) is 22.4. The van der Waals surface area contributed by atoms with Crippen molar-refractivity contribution < 1.29 is 4.74 Å². The number of ether oxygens (including phenoxy) is 1. The lowest BCUT2D eigenvalue weighted by atomic mass is 10.0. The molecule has 132 valence electrons. The fourth-order valence-electron chi connectivity index (χ4n) is 3.42. The molecule has 0 N–H and O–H groups in total. The molecule has 0 aliphatic carbocycles. The number of rotatable bonds is 16. The van der Waals surface area contributed by atoms with Crippen LogP contribution in [0.1, 0.15) is 117 Å². The van der Waals surface area contributed by atoms with E-state index in [1.54, 1.807) is 0 Å². The molecule has 1 fully saturated rings. The molecule has 0 bridgehead atoms. The Hall–Kier alpha value is -0.0400. The molecular formula is C21H42O. The first-order chi connectivity index (χ1) is 10.7. The highest BCUT2D eigenvalue weighted by molar-refractivity contribution is 4.84. The monoisotopic (exact) mass is 310 g/mol. The van der Waals surface area contributed by atoms with Gasteiger partial charge in [-0.15, -0.1) is 0 Å². The Morgan fingerprint density at radius 3 is 1.59 bits per heavy atom. The van der Waals surface area contributed by atoms with Crippen LogP contribution in [0.25, 0.3) is 0 Å². The summed E-state index contributed by atoms with van der Waals surface area (Å²) in [5, 5.41) is 0. The van der Waals surface area contributed by atoms with Crippen molar-refractivity contribution in [3.63, 3.8) is 0 Å². The van der Waals surface area contributed by atoms with Crippen molar-refractivity contribution in [2.24, 2.45) is 5.92 Å². The van der Waals surface area contributed by atoms with Gasteiger partial charge in [0.25, 0.3) is 0 Å². The first-order valence-corrected chi connectivity index (χ1v) is 10.4. The quantitative estimate of drug-likeness (QED) is 0.215. The molecule has 1 heterocycles. The second-order valence-corrected chi connectivity index (χ2v) is 7.86. The molecule has 1 rings (SSSR count). The minimum Gasteiger partial charge on any atom is -0.370 e. The van der Waals surface area contributed by atoms with E-state index in [1.165, 1.54) is 96.3 Å². The zero-order valence-corrected chi connectivity index (χ0v) is 15.7. The van der Waals surface area contributed by atoms with Gasteiger partial charge in [-0.3, -0.25) is 0 Å². The lowest BCUT2D eigenvalue weighted by molar-refractivity contribution is 0.346. The lowest BCUT2D eigenvalue weighted by Crippen LogP contribution is -1.95. The molecule has 0 saturated carbocycles. The fourth-order valence-corrected chi connectivity index (χ4v) is 3.42. The van der Waals surface area contributed by atoms with Gasteiger partial charge < -0.3 is 4.74 Å². The van der Waals surface area contributed by atoms with Crippen molar-refractivity contribution in [2.75, 3.05) is 0 Å². The number of unbranched alkanes of at least 4 members (excludes halogenated alkanes) is 10. The molecule has 0 aromatic heterocycles. The second-order valence-electron chi connectivity index (χ2n) is 7.86. The highest BCUT2D eigenvalue weighted by Gasteiger charge is 2.36. The first-order valence-electron chi connectivity index (χ1n) is 10.4. The third-order valence-corrected chi connectivity index (χ3v) is 5.05. The summed E-state index contributed by atoms with van der Waals surface area (Å²) in [6, 6.07) is 0. The summed E-state index contributed by atoms with van der Waals surface area (Å²) in [4.78, 5) is 0. The van der Waals surface area contributed by atoms with Gasteiger partial charge >= 0.3 is 0 Å². The van der Waals surface area contributed by atoms with E-state index in [-0.39, 0.29) is 0 Å². The molecule has 0 aromatic rings. The van der Waals surface area contributed by atoms with Gasteiger partial charge in [-0.25, -0.2) is 0 Å². The van der Waals surface area contributed by atoms with Gasteiger partial charge in [0.2, 0.25) is 0 Å². The van der Waals surface area contributed by atoms with E-state index < -0.39 is 0 Å². The van der Waals surface area contributed by atoms with Crippen LogP contribution >= 0.6 is 0 Å². The van der Waals surface area contributed by atoms with E-state index in [9.17, 15) is 0 Å². The average molecular weight is 311 g/mol. The highest BCUT2D eigenvalue weighted by Crippen LogP contribution is 2.31. The second kappa shape index (κ2) is 13.4. The topological polar surface area (TPSA) is 12.5 Å². The molecule has 0 amide bonds. The summed E-state index contributed by atoms with van der Waals surface area (Å²) in [5.74, 6) is 0.863. The van der Waals surface area contributed by atoms with E-state index in [4.69, 9.17) is 4.74 Å². The Bertz CT molecular complexity index is 236. The Morgan fingerprint density at radius 1 is 0.636 bits per heavy atom. The van der Waals surface area contributed by atoms with Crippen LogP contribution in [0, 0.1) is 5.92 Å². The van der Waals surface area contributed by atoms with Gasteiger partial charge in [0.05, 0.1) is 12.2 Å². The van der Waals surface area contributed by atoms with E-state index in [1.807, 2.05) is 0 Å². The molecule has 22 heavy (non-hydrogen) atoms. The summed E-state index contributed by atoms with van der Waals surface area (Å²) >= 11 is 0. The van der Waals surface area contributed by atoms with Gasteiger partial charge in [0, 0.05) is 0 Å². The van der Waals surface area contributed by atoms with Crippen molar-refractivity contribution in [1.82, 2.24) is 0 Å². The molecule has 0 radical (unpaired) electrons. The zero-order chi connectivity index (χ0) is 16.0. The minimum absolute atomic E-state index is 0.630. The van der Waals surface area contributed by atoms with Crippen LogP contribution in [0.5, 0.6) is 0 Å². The van der Waals surface area contributed by atoms with Crippen molar-refractivity contribution in [3.05, 3.63) is 0 Å². The third-order valence-electron chi connectivity index (χ3n) is 5.05. The largest absolute Gasteiger partial charge is 0.370 e. The molecular weight excluding hydrogens is 268 g/mol. The van der Waals surface area contributed by atoms with Crippen molar-refractivity contribution in [1.29, 1.82) is 0 Å². The summed E-state index contributed by atoms with van der Waals surface area (Å²) in [7, 11) is 0. The van der Waals surface area contributed by atoms with E-state index in [0.717, 1.165) is 5.92 Å². The standard InChI is InChI=1S/C21H42O/c1-4-5-6-7-8-9-10-11-12-13-17-20-21(22-20)18-15-14-16-19(2)3/h19-21H,4-18H2,1-3H3/t20-,21+/m1/s1. The van der Waals surface area contributed by atoms with Crippen LogP contribution < -0.4 is 0 Å². The summed E-state index contributed by atoms with van der Waals surface area (Å²) in [5.41, 5.74) is 0. The maximum absolute atomic E-state index is 5.81. The van der Waals surface area contributed by atoms with Crippen molar-refractivity contribution in [2.45, 2.75) is 129 Å². The Balaban J connectivity index is 1.74. The molecule has 1 aliphatic heterocycles. The summed E-state index contributed by atoms with van der Waals surface area (Å²) < 4.78 is 5.81. The van der Waals surface area contributed by atoms with E-state index >= 15 is 0 Å². The normalized spacial score (nSPS) is 20.7. The van der Waals surface area contributed by atoms with E-state index in [0.29, 0.717) is 12.2 Å². The van der Waals surface area contributed by atoms with Gasteiger partial charge in [0.1, 0.15) is 0 Å². The number of hydrogen-bond acceptors (Lipinski definition) is 1. The first kappa shape index (κ1) is 20.0. The molecule has 1 heteroatoms. The fraction of sp³-hybridized carbons (Fsp3) is 1.00. The van der Waals surface area contributed by atoms with Crippen LogP contribution in [0.15, 0.2) is 0 Å². The molecule has 1 aliphatic rings. The van der Waals surface area contributed by atoms with Crippen molar-refractivity contribution >= 4 is 0 Å². The molecule has 1 nitrogen and oxygen atoms in total. The molecule has 0 aromatic carbocycles. The van der Waals surface area contributed by atoms with Gasteiger partial charge in [-0.05, 0) is 18.8 Å². The zero-order valence-electron chi connectivity index (χ0n) is 15.7. The molecule has 0 spiro atoms. The molecule has 2 atom stereocenters. The Kier molecular flexibility index (Phi) is 12.2. The van der Waals surface area contributed by atoms with Crippen LogP contribution in [0.4, 0.5) is 0 Å². The van der Waals surface area contributed by atoms with Gasteiger partial charge in [-0.2, -0.15) is 0 Å². The van der Waals surface area contributed by atoms with Crippen LogP contribution in [0.2, 0.25) is 0 Å². The molecule has 0 unspecified atom stereocenters. The van der Waals surface area contributed by atoms with Crippen LogP contribution in [-0.2, 0) is 4.74 Å². The SMILES string of the molecule is CCCCCCCCCCCC[C@H]1O[C@H]1CCCCC(C)C. The predicted molar refractivity (Wildman–Crippen MR) is 98.4 cm³/mol. The third kappa shape index (κ3) is 11.5.